The molecule has 0 bridgehead atoms. The third kappa shape index (κ3) is 4.93. The minimum Gasteiger partial charge on any atom is -0.383 e. The van der Waals surface area contributed by atoms with Crippen LogP contribution < -0.4 is 10.9 Å². The number of morpholine rings is 1. The van der Waals surface area contributed by atoms with Crippen molar-refractivity contribution in [3.63, 3.8) is 0 Å². The zero-order valence-corrected chi connectivity index (χ0v) is 17.8. The molecule has 1 aliphatic heterocycles. The molecule has 0 radical (unpaired) electrons. The van der Waals surface area contributed by atoms with E-state index < -0.39 is 11.6 Å². The van der Waals surface area contributed by atoms with E-state index in [0.717, 1.165) is 31.8 Å². The van der Waals surface area contributed by atoms with Crippen molar-refractivity contribution in [2.45, 2.75) is 6.54 Å². The van der Waals surface area contributed by atoms with Gasteiger partial charge in [-0.25, -0.2) is 18.7 Å². The highest BCUT2D eigenvalue weighted by Gasteiger charge is 2.15. The molecule has 3 heterocycles. The van der Waals surface area contributed by atoms with Gasteiger partial charge in [-0.15, -0.1) is 0 Å². The Morgan fingerprint density at radius 2 is 1.91 bits per heavy atom. The lowest BCUT2D eigenvalue weighted by Gasteiger charge is -2.26. The van der Waals surface area contributed by atoms with Gasteiger partial charge in [0, 0.05) is 38.9 Å². The molecule has 1 aromatic carbocycles. The number of pyridine rings is 1. The number of methoxy groups -OCH3 is 1. The van der Waals surface area contributed by atoms with E-state index >= 15 is 0 Å². The highest BCUT2D eigenvalue weighted by atomic mass is 19.2. The van der Waals surface area contributed by atoms with Gasteiger partial charge in [-0.05, 0) is 30.3 Å². The van der Waals surface area contributed by atoms with E-state index in [0.29, 0.717) is 48.8 Å². The first-order valence-corrected chi connectivity index (χ1v) is 10.5. The summed E-state index contributed by atoms with van der Waals surface area (Å²) in [7, 11) is 1.55. The number of anilines is 1. The lowest BCUT2D eigenvalue weighted by molar-refractivity contribution is 0.0398. The largest absolute Gasteiger partial charge is 0.383 e. The zero-order chi connectivity index (χ0) is 22.5. The highest BCUT2D eigenvalue weighted by Crippen LogP contribution is 2.22. The van der Waals surface area contributed by atoms with Crippen LogP contribution in [0.15, 0.2) is 35.1 Å². The smallest absolute Gasteiger partial charge is 0.295 e. The van der Waals surface area contributed by atoms with E-state index in [1.165, 1.54) is 10.6 Å². The Bertz CT molecular complexity index is 1150. The summed E-state index contributed by atoms with van der Waals surface area (Å²) in [5.41, 5.74) is 1.38. The monoisotopic (exact) mass is 445 g/mol. The minimum atomic E-state index is -0.959. The maximum absolute atomic E-state index is 13.7. The first kappa shape index (κ1) is 22.3. The fraction of sp³-hybridized carbons (Fsp3) is 0.409. The number of benzene rings is 1. The summed E-state index contributed by atoms with van der Waals surface area (Å²) in [4.78, 5) is 24.4. The second-order valence-corrected chi connectivity index (χ2v) is 7.46. The number of hydrogen-bond acceptors (Lipinski definition) is 7. The van der Waals surface area contributed by atoms with Crippen molar-refractivity contribution in [2.75, 3.05) is 58.4 Å². The highest BCUT2D eigenvalue weighted by molar-refractivity contribution is 5.76. The fourth-order valence-corrected chi connectivity index (χ4v) is 3.60. The Labute approximate surface area is 183 Å². The number of fused-ring (bicyclic) bond motifs is 1. The topological polar surface area (TPSA) is 81.5 Å². The minimum absolute atomic E-state index is 0.240. The number of rotatable bonds is 8. The van der Waals surface area contributed by atoms with Crippen LogP contribution in [0.25, 0.3) is 22.4 Å². The van der Waals surface area contributed by atoms with Crippen LogP contribution in [-0.2, 0) is 16.0 Å². The quantitative estimate of drug-likeness (QED) is 0.569. The van der Waals surface area contributed by atoms with E-state index in [9.17, 15) is 13.6 Å². The van der Waals surface area contributed by atoms with Gasteiger partial charge in [0.05, 0.1) is 32.1 Å². The van der Waals surface area contributed by atoms with Gasteiger partial charge in [0.1, 0.15) is 5.52 Å². The van der Waals surface area contributed by atoms with Crippen LogP contribution in [-0.4, -0.2) is 72.5 Å². The standard InChI is InChI=1S/C22H25F2N5O3/c1-31-11-10-29-21-19(5-4-18(27-21)15-2-3-16(23)17(24)14-15)26-20(22(29)30)25-6-7-28-8-12-32-13-9-28/h2-5,14H,6-13H2,1H3,(H,25,26). The van der Waals surface area contributed by atoms with Crippen molar-refractivity contribution in [1.29, 1.82) is 0 Å². The number of aromatic nitrogens is 3. The van der Waals surface area contributed by atoms with Gasteiger partial charge in [-0.2, -0.15) is 0 Å². The predicted molar refractivity (Wildman–Crippen MR) is 117 cm³/mol. The second kappa shape index (κ2) is 10.1. The van der Waals surface area contributed by atoms with Crippen molar-refractivity contribution >= 4 is 17.0 Å². The summed E-state index contributed by atoms with van der Waals surface area (Å²) < 4.78 is 39.0. The van der Waals surface area contributed by atoms with Gasteiger partial charge in [0.15, 0.2) is 23.1 Å². The Morgan fingerprint density at radius 1 is 1.09 bits per heavy atom. The van der Waals surface area contributed by atoms with E-state index in [1.54, 1.807) is 19.2 Å². The van der Waals surface area contributed by atoms with Crippen LogP contribution >= 0.6 is 0 Å². The van der Waals surface area contributed by atoms with Crippen molar-refractivity contribution in [3.8, 4) is 11.3 Å². The number of hydrogen-bond donors (Lipinski definition) is 1. The summed E-state index contributed by atoms with van der Waals surface area (Å²) in [5, 5.41) is 3.14. The summed E-state index contributed by atoms with van der Waals surface area (Å²) in [6.07, 6.45) is 0. The van der Waals surface area contributed by atoms with Crippen LogP contribution in [0.5, 0.6) is 0 Å². The van der Waals surface area contributed by atoms with Gasteiger partial charge in [-0.1, -0.05) is 0 Å². The normalized spacial score (nSPS) is 14.7. The lowest BCUT2D eigenvalue weighted by atomic mass is 10.1. The molecule has 32 heavy (non-hydrogen) atoms. The number of halogens is 2. The van der Waals surface area contributed by atoms with Crippen LogP contribution in [0.3, 0.4) is 0 Å². The molecule has 1 saturated heterocycles. The number of nitrogens with zero attached hydrogens (tertiary/aromatic N) is 4. The molecule has 0 aliphatic carbocycles. The molecular formula is C22H25F2N5O3. The molecule has 1 aliphatic rings. The Hall–Kier alpha value is -2.95. The van der Waals surface area contributed by atoms with Crippen LogP contribution in [0, 0.1) is 11.6 Å². The Morgan fingerprint density at radius 3 is 2.66 bits per heavy atom. The number of ether oxygens (including phenoxy) is 2. The van der Waals surface area contributed by atoms with E-state index in [4.69, 9.17) is 9.47 Å². The third-order valence-electron chi connectivity index (χ3n) is 5.35. The molecule has 10 heteroatoms. The van der Waals surface area contributed by atoms with Gasteiger partial charge in [0.2, 0.25) is 0 Å². The molecule has 4 rings (SSSR count). The molecule has 170 valence electrons. The molecule has 3 aromatic rings. The van der Waals surface area contributed by atoms with E-state index in [-0.39, 0.29) is 17.9 Å². The molecular weight excluding hydrogens is 420 g/mol. The Balaban J connectivity index is 1.65. The molecule has 0 spiro atoms. The van der Waals surface area contributed by atoms with Crippen molar-refractivity contribution < 1.29 is 18.3 Å². The summed E-state index contributed by atoms with van der Waals surface area (Å²) in [6, 6.07) is 6.96. The molecule has 8 nitrogen and oxygen atoms in total. The maximum atomic E-state index is 13.7. The Kier molecular flexibility index (Phi) is 7.03. The summed E-state index contributed by atoms with van der Waals surface area (Å²) in [6.45, 7) is 5.08. The van der Waals surface area contributed by atoms with Gasteiger partial charge >= 0.3 is 0 Å². The summed E-state index contributed by atoms with van der Waals surface area (Å²) in [5.74, 6) is -1.65. The molecule has 0 saturated carbocycles. The fourth-order valence-electron chi connectivity index (χ4n) is 3.60. The van der Waals surface area contributed by atoms with Gasteiger partial charge < -0.3 is 14.8 Å². The average Bonchev–Trinajstić information content (AvgIpc) is 2.81. The van der Waals surface area contributed by atoms with Gasteiger partial charge in [0.25, 0.3) is 5.56 Å². The van der Waals surface area contributed by atoms with Crippen molar-refractivity contribution in [1.82, 2.24) is 19.4 Å². The van der Waals surface area contributed by atoms with Crippen LogP contribution in [0.2, 0.25) is 0 Å². The molecule has 0 unspecified atom stereocenters. The molecule has 0 amide bonds. The molecule has 2 aromatic heterocycles. The maximum Gasteiger partial charge on any atom is 0.295 e. The van der Waals surface area contributed by atoms with E-state index in [2.05, 4.69) is 20.2 Å². The predicted octanol–water partition coefficient (Wildman–Crippen LogP) is 2.13. The van der Waals surface area contributed by atoms with Crippen LogP contribution in [0.1, 0.15) is 0 Å². The van der Waals surface area contributed by atoms with Crippen molar-refractivity contribution in [3.05, 3.63) is 52.3 Å². The lowest BCUT2D eigenvalue weighted by Crippen LogP contribution is -2.39. The van der Waals surface area contributed by atoms with E-state index in [1.807, 2.05) is 0 Å². The molecule has 0 atom stereocenters. The summed E-state index contributed by atoms with van der Waals surface area (Å²) >= 11 is 0. The van der Waals surface area contributed by atoms with Crippen molar-refractivity contribution in [2.24, 2.45) is 0 Å². The zero-order valence-electron chi connectivity index (χ0n) is 17.8. The first-order valence-electron chi connectivity index (χ1n) is 10.5. The van der Waals surface area contributed by atoms with Crippen LogP contribution in [0.4, 0.5) is 14.6 Å². The SMILES string of the molecule is COCCn1c(=O)c(NCCN2CCOCC2)nc2ccc(-c3ccc(F)c(F)c3)nc21. The number of nitrogens with one attached hydrogen (secondary N) is 1. The first-order chi connectivity index (χ1) is 15.6. The second-order valence-electron chi connectivity index (χ2n) is 7.46. The molecule has 1 N–H and O–H groups in total. The third-order valence-corrected chi connectivity index (χ3v) is 5.35. The molecule has 1 fully saturated rings. The average molecular weight is 445 g/mol. The van der Waals surface area contributed by atoms with Gasteiger partial charge in [-0.3, -0.25) is 14.3 Å².